The highest BCUT2D eigenvalue weighted by Crippen LogP contribution is 2.44. The lowest BCUT2D eigenvalue weighted by molar-refractivity contribution is -0.131. The molecule has 2 unspecified atom stereocenters. The minimum atomic E-state index is -1.03. The van der Waals surface area contributed by atoms with Gasteiger partial charge in [0.05, 0.1) is 11.4 Å². The highest BCUT2D eigenvalue weighted by molar-refractivity contribution is 5.95. The average molecular weight is 466 g/mol. The molecule has 0 aliphatic carbocycles. The first-order valence-corrected chi connectivity index (χ1v) is 12.5. The third-order valence-electron chi connectivity index (χ3n) is 6.99. The first-order chi connectivity index (χ1) is 16.2. The van der Waals surface area contributed by atoms with E-state index >= 15 is 0 Å². The van der Waals surface area contributed by atoms with Crippen LogP contribution in [0.25, 0.3) is 0 Å². The predicted octanol–water partition coefficient (Wildman–Crippen LogP) is 6.59. The molecule has 1 aliphatic rings. The maximum absolute atomic E-state index is 13.2. The Morgan fingerprint density at radius 1 is 1.00 bits per heavy atom. The van der Waals surface area contributed by atoms with E-state index in [1.165, 1.54) is 10.5 Å². The van der Waals surface area contributed by atoms with Crippen LogP contribution in [-0.2, 0) is 4.79 Å². The summed E-state index contributed by atoms with van der Waals surface area (Å²) in [5.74, 6) is 0.566. The van der Waals surface area contributed by atoms with Crippen LogP contribution in [0.2, 0.25) is 0 Å². The van der Waals surface area contributed by atoms with E-state index in [4.69, 9.17) is 0 Å². The fourth-order valence-corrected chi connectivity index (χ4v) is 4.93. The summed E-state index contributed by atoms with van der Waals surface area (Å²) < 4.78 is 0. The molecule has 1 aliphatic heterocycles. The van der Waals surface area contributed by atoms with Crippen LogP contribution in [0, 0.1) is 0 Å². The molecule has 2 aromatic rings. The fraction of sp³-hybridized carbons (Fsp3) is 0.500. The van der Waals surface area contributed by atoms with Gasteiger partial charge in [0.2, 0.25) is 5.91 Å². The van der Waals surface area contributed by atoms with E-state index in [1.807, 2.05) is 54.4 Å². The van der Waals surface area contributed by atoms with Gasteiger partial charge >= 0.3 is 6.09 Å². The van der Waals surface area contributed by atoms with Crippen molar-refractivity contribution in [3.8, 4) is 0 Å². The van der Waals surface area contributed by atoms with Crippen LogP contribution in [0.15, 0.2) is 42.5 Å². The molecular weight excluding hydrogens is 426 g/mol. The summed E-state index contributed by atoms with van der Waals surface area (Å²) in [7, 11) is 2.04. The second kappa shape index (κ2) is 10.9. The highest BCUT2D eigenvalue weighted by Gasteiger charge is 2.36. The Morgan fingerprint density at radius 3 is 2.12 bits per heavy atom. The number of carbonyl (C=O) groups excluding carboxylic acids is 1. The van der Waals surface area contributed by atoms with Crippen molar-refractivity contribution >= 4 is 29.1 Å². The number of fused-ring (bicyclic) bond motifs is 1. The number of carbonyl (C=O) groups is 2. The number of amides is 2. The van der Waals surface area contributed by atoms with Gasteiger partial charge in [-0.2, -0.15) is 0 Å². The largest absolute Gasteiger partial charge is 0.464 e. The topological polar surface area (TPSA) is 64.1 Å². The molecule has 0 fully saturated rings. The average Bonchev–Trinajstić information content (AvgIpc) is 3.03. The molecule has 0 aromatic heterocycles. The number of hydrogen-bond acceptors (Lipinski definition) is 3. The Bertz CT molecular complexity index is 996. The van der Waals surface area contributed by atoms with Gasteiger partial charge in [0, 0.05) is 44.2 Å². The first-order valence-electron chi connectivity index (χ1n) is 12.5. The Hall–Kier alpha value is -3.02. The van der Waals surface area contributed by atoms with Crippen LogP contribution < -0.4 is 9.80 Å². The Balaban J connectivity index is 1.95. The summed E-state index contributed by atoms with van der Waals surface area (Å²) in [6.07, 6.45) is 1.28. The van der Waals surface area contributed by atoms with E-state index in [2.05, 4.69) is 39.5 Å². The number of benzene rings is 2. The third-order valence-corrected chi connectivity index (χ3v) is 6.99. The van der Waals surface area contributed by atoms with Crippen molar-refractivity contribution in [2.24, 2.45) is 0 Å². The van der Waals surface area contributed by atoms with Crippen molar-refractivity contribution in [2.75, 3.05) is 29.9 Å². The number of carboxylic acid groups (broad SMARTS) is 1. The smallest absolute Gasteiger partial charge is 0.416 e. The molecule has 1 heterocycles. The van der Waals surface area contributed by atoms with Crippen LogP contribution in [0.3, 0.4) is 0 Å². The van der Waals surface area contributed by atoms with Gasteiger partial charge in [0.25, 0.3) is 0 Å². The number of nitrogens with zero attached hydrogens (tertiary/aromatic N) is 3. The standard InChI is InChI=1S/C28H39N3O3/c1-7-15-30(16-8-2)27(32)18-24-20(5)29(6)26-14-13-23(17-25(24)26)31(28(33)34)22-11-9-21(10-12-22)19(3)4/h9-14,17,19-20,24H,7-8,15-16,18H2,1-6H3,(H,33,34). The zero-order chi connectivity index (χ0) is 25.0. The van der Waals surface area contributed by atoms with Crippen LogP contribution in [0.5, 0.6) is 0 Å². The molecule has 6 nitrogen and oxygen atoms in total. The van der Waals surface area contributed by atoms with E-state index in [9.17, 15) is 14.7 Å². The van der Waals surface area contributed by atoms with Gasteiger partial charge in [-0.3, -0.25) is 4.79 Å². The molecule has 2 aromatic carbocycles. The van der Waals surface area contributed by atoms with E-state index < -0.39 is 6.09 Å². The summed E-state index contributed by atoms with van der Waals surface area (Å²) >= 11 is 0. The quantitative estimate of drug-likeness (QED) is 0.454. The van der Waals surface area contributed by atoms with Crippen molar-refractivity contribution in [1.29, 1.82) is 0 Å². The zero-order valence-electron chi connectivity index (χ0n) is 21.4. The van der Waals surface area contributed by atoms with Gasteiger partial charge < -0.3 is 14.9 Å². The van der Waals surface area contributed by atoms with Crippen molar-refractivity contribution in [1.82, 2.24) is 4.90 Å². The summed E-state index contributed by atoms with van der Waals surface area (Å²) in [6, 6.07) is 13.6. The van der Waals surface area contributed by atoms with Crippen LogP contribution >= 0.6 is 0 Å². The molecule has 2 atom stereocenters. The van der Waals surface area contributed by atoms with Gasteiger partial charge in [-0.25, -0.2) is 9.69 Å². The monoisotopic (exact) mass is 465 g/mol. The van der Waals surface area contributed by atoms with Gasteiger partial charge in [-0.1, -0.05) is 39.8 Å². The molecule has 0 bridgehead atoms. The lowest BCUT2D eigenvalue weighted by Crippen LogP contribution is -2.35. The first kappa shape index (κ1) is 25.6. The molecule has 6 heteroatoms. The van der Waals surface area contributed by atoms with Crippen LogP contribution in [0.1, 0.15) is 76.8 Å². The Kier molecular flexibility index (Phi) is 8.24. The molecule has 0 radical (unpaired) electrons. The van der Waals surface area contributed by atoms with Crippen molar-refractivity contribution < 1.29 is 14.7 Å². The molecule has 1 N–H and O–H groups in total. The maximum Gasteiger partial charge on any atom is 0.416 e. The summed E-state index contributed by atoms with van der Waals surface area (Å²) in [6.45, 7) is 12.1. The molecule has 34 heavy (non-hydrogen) atoms. The van der Waals surface area contributed by atoms with Crippen molar-refractivity contribution in [3.63, 3.8) is 0 Å². The summed E-state index contributed by atoms with van der Waals surface area (Å²) in [4.78, 5) is 31.0. The lowest BCUT2D eigenvalue weighted by atomic mass is 9.91. The minimum absolute atomic E-state index is 0.0163. The van der Waals surface area contributed by atoms with Crippen LogP contribution in [-0.4, -0.2) is 48.2 Å². The number of likely N-dealkylation sites (N-methyl/N-ethyl adjacent to an activating group) is 1. The maximum atomic E-state index is 13.2. The van der Waals surface area contributed by atoms with Crippen LogP contribution in [0.4, 0.5) is 21.9 Å². The zero-order valence-corrected chi connectivity index (χ0v) is 21.4. The third kappa shape index (κ3) is 5.21. The predicted molar refractivity (Wildman–Crippen MR) is 140 cm³/mol. The highest BCUT2D eigenvalue weighted by atomic mass is 16.4. The SMILES string of the molecule is CCCN(CCC)C(=O)CC1c2cc(N(C(=O)O)c3ccc(C(C)C)cc3)ccc2N(C)C1C. The second-order valence-corrected chi connectivity index (χ2v) is 9.65. The molecule has 0 saturated carbocycles. The van der Waals surface area contributed by atoms with Gasteiger partial charge in [-0.05, 0) is 67.1 Å². The molecule has 0 spiro atoms. The second-order valence-electron chi connectivity index (χ2n) is 9.65. The molecular formula is C28H39N3O3. The minimum Gasteiger partial charge on any atom is -0.464 e. The van der Waals surface area contributed by atoms with E-state index in [1.54, 1.807) is 0 Å². The number of rotatable bonds is 9. The Morgan fingerprint density at radius 2 is 1.59 bits per heavy atom. The summed E-state index contributed by atoms with van der Waals surface area (Å²) in [5, 5.41) is 10.1. The lowest BCUT2D eigenvalue weighted by Gasteiger charge is -2.26. The van der Waals surface area contributed by atoms with Gasteiger partial charge in [0.1, 0.15) is 0 Å². The normalized spacial score (nSPS) is 17.1. The molecule has 2 amide bonds. The van der Waals surface area contributed by atoms with Gasteiger partial charge in [0.15, 0.2) is 0 Å². The fourth-order valence-electron chi connectivity index (χ4n) is 4.93. The number of hydrogen-bond donors (Lipinski definition) is 1. The van der Waals surface area contributed by atoms with E-state index in [-0.39, 0.29) is 17.9 Å². The van der Waals surface area contributed by atoms with E-state index in [0.29, 0.717) is 23.7 Å². The Labute approximate surface area is 204 Å². The van der Waals surface area contributed by atoms with E-state index in [0.717, 1.165) is 37.2 Å². The molecule has 184 valence electrons. The molecule has 0 saturated heterocycles. The van der Waals surface area contributed by atoms with Crippen molar-refractivity contribution in [2.45, 2.75) is 71.8 Å². The number of anilines is 3. The van der Waals surface area contributed by atoms with Crippen molar-refractivity contribution in [3.05, 3.63) is 53.6 Å². The molecule has 3 rings (SSSR count). The summed E-state index contributed by atoms with van der Waals surface area (Å²) in [5.41, 5.74) is 4.48. The van der Waals surface area contributed by atoms with Gasteiger partial charge in [-0.15, -0.1) is 0 Å².